The van der Waals surface area contributed by atoms with Gasteiger partial charge in [-0.3, -0.25) is 4.79 Å². The molecule has 2 N–H and O–H groups in total. The van der Waals surface area contributed by atoms with E-state index in [1.165, 1.54) is 0 Å². The standard InChI is InChI=1S/C6H12O3S/c1-2-5(7)4(3-10)6(8)9/h4-5,7,10H,2-3H2,1H3,(H,8,9). The number of aliphatic carboxylic acids is 1. The summed E-state index contributed by atoms with van der Waals surface area (Å²) in [5, 5.41) is 17.5. The highest BCUT2D eigenvalue weighted by molar-refractivity contribution is 7.80. The molecule has 0 aromatic carbocycles. The van der Waals surface area contributed by atoms with Crippen LogP contribution >= 0.6 is 12.6 Å². The first-order valence-electron chi connectivity index (χ1n) is 3.15. The summed E-state index contributed by atoms with van der Waals surface area (Å²) in [4.78, 5) is 10.3. The number of carbonyl (C=O) groups is 1. The van der Waals surface area contributed by atoms with Crippen LogP contribution in [0.15, 0.2) is 0 Å². The van der Waals surface area contributed by atoms with Gasteiger partial charge in [-0.2, -0.15) is 12.6 Å². The zero-order valence-electron chi connectivity index (χ0n) is 5.82. The van der Waals surface area contributed by atoms with Gasteiger partial charge in [-0.25, -0.2) is 0 Å². The molecule has 0 heterocycles. The fourth-order valence-corrected chi connectivity index (χ4v) is 1.05. The minimum atomic E-state index is -0.982. The van der Waals surface area contributed by atoms with Gasteiger partial charge in [0.2, 0.25) is 0 Å². The largest absolute Gasteiger partial charge is 0.481 e. The van der Waals surface area contributed by atoms with E-state index < -0.39 is 18.0 Å². The smallest absolute Gasteiger partial charge is 0.309 e. The third-order valence-corrected chi connectivity index (χ3v) is 1.79. The maximum atomic E-state index is 10.3. The highest BCUT2D eigenvalue weighted by atomic mass is 32.1. The van der Waals surface area contributed by atoms with Crippen LogP contribution in [0.4, 0.5) is 0 Å². The zero-order valence-corrected chi connectivity index (χ0v) is 6.71. The second-order valence-electron chi connectivity index (χ2n) is 2.10. The number of carboxylic acids is 1. The lowest BCUT2D eigenvalue weighted by molar-refractivity contribution is -0.144. The van der Waals surface area contributed by atoms with Gasteiger partial charge in [0, 0.05) is 5.75 Å². The zero-order chi connectivity index (χ0) is 8.15. The molecule has 10 heavy (non-hydrogen) atoms. The molecule has 0 aliphatic carbocycles. The summed E-state index contributed by atoms with van der Waals surface area (Å²) in [6, 6.07) is 0. The molecule has 2 atom stereocenters. The monoisotopic (exact) mass is 164 g/mol. The number of aliphatic hydroxyl groups is 1. The normalized spacial score (nSPS) is 16.3. The number of aliphatic hydroxyl groups excluding tert-OH is 1. The quantitative estimate of drug-likeness (QED) is 0.527. The Balaban J connectivity index is 3.92. The Kier molecular flexibility index (Phi) is 4.47. The van der Waals surface area contributed by atoms with Gasteiger partial charge in [0.05, 0.1) is 12.0 Å². The number of rotatable bonds is 4. The van der Waals surface area contributed by atoms with Crippen molar-refractivity contribution in [3.05, 3.63) is 0 Å². The van der Waals surface area contributed by atoms with Crippen molar-refractivity contribution in [1.29, 1.82) is 0 Å². The van der Waals surface area contributed by atoms with Crippen molar-refractivity contribution in [2.45, 2.75) is 19.4 Å². The van der Waals surface area contributed by atoms with Crippen molar-refractivity contribution < 1.29 is 15.0 Å². The lowest BCUT2D eigenvalue weighted by Gasteiger charge is -2.14. The number of hydrogen-bond donors (Lipinski definition) is 3. The van der Waals surface area contributed by atoms with Gasteiger partial charge in [0.1, 0.15) is 0 Å². The van der Waals surface area contributed by atoms with Crippen LogP contribution in [0.2, 0.25) is 0 Å². The lowest BCUT2D eigenvalue weighted by Crippen LogP contribution is -2.28. The summed E-state index contributed by atoms with van der Waals surface area (Å²) >= 11 is 3.81. The first-order valence-corrected chi connectivity index (χ1v) is 3.78. The first kappa shape index (κ1) is 9.78. The van der Waals surface area contributed by atoms with Gasteiger partial charge in [0.25, 0.3) is 0 Å². The molecule has 2 unspecified atom stereocenters. The van der Waals surface area contributed by atoms with Crippen molar-refractivity contribution in [2.24, 2.45) is 5.92 Å². The average molecular weight is 164 g/mol. The lowest BCUT2D eigenvalue weighted by atomic mass is 10.0. The van der Waals surface area contributed by atoms with Crippen LogP contribution in [-0.2, 0) is 4.79 Å². The third-order valence-electron chi connectivity index (χ3n) is 1.40. The Labute approximate surface area is 65.5 Å². The molecule has 0 spiro atoms. The molecule has 60 valence electrons. The minimum absolute atomic E-state index is 0.185. The molecule has 0 bridgehead atoms. The van der Waals surface area contributed by atoms with Gasteiger partial charge in [-0.15, -0.1) is 0 Å². The maximum absolute atomic E-state index is 10.3. The third kappa shape index (κ3) is 2.58. The summed E-state index contributed by atoms with van der Waals surface area (Å²) in [5.74, 6) is -1.53. The molecule has 0 saturated carbocycles. The Morgan fingerprint density at radius 3 is 2.30 bits per heavy atom. The van der Waals surface area contributed by atoms with E-state index in [0.717, 1.165) is 0 Å². The number of carboxylic acid groups (broad SMARTS) is 1. The van der Waals surface area contributed by atoms with Crippen LogP contribution in [-0.4, -0.2) is 28.0 Å². The van der Waals surface area contributed by atoms with Gasteiger partial charge >= 0.3 is 5.97 Å². The Hall–Kier alpha value is -0.220. The van der Waals surface area contributed by atoms with Gasteiger partial charge in [0.15, 0.2) is 0 Å². The predicted octanol–water partition coefficient (Wildman–Crippen LogP) is 0.388. The average Bonchev–Trinajstić information content (AvgIpc) is 1.88. The van der Waals surface area contributed by atoms with E-state index >= 15 is 0 Å². The SMILES string of the molecule is CCC(O)C(CS)C(=O)O. The van der Waals surface area contributed by atoms with Gasteiger partial charge < -0.3 is 10.2 Å². The van der Waals surface area contributed by atoms with E-state index in [9.17, 15) is 4.79 Å². The molecule has 0 rings (SSSR count). The van der Waals surface area contributed by atoms with Crippen molar-refractivity contribution in [1.82, 2.24) is 0 Å². The van der Waals surface area contributed by atoms with Crippen LogP contribution in [0.3, 0.4) is 0 Å². The van der Waals surface area contributed by atoms with Gasteiger partial charge in [-0.1, -0.05) is 6.92 Å². The number of thiol groups is 1. The van der Waals surface area contributed by atoms with E-state index in [0.29, 0.717) is 6.42 Å². The second kappa shape index (κ2) is 4.57. The molecule has 0 saturated heterocycles. The molecule has 0 aliphatic heterocycles. The first-order chi connectivity index (χ1) is 4.63. The van der Waals surface area contributed by atoms with E-state index in [4.69, 9.17) is 10.2 Å². The fraction of sp³-hybridized carbons (Fsp3) is 0.833. The van der Waals surface area contributed by atoms with Crippen molar-refractivity contribution in [3.63, 3.8) is 0 Å². The summed E-state index contributed by atoms with van der Waals surface area (Å²) in [5.41, 5.74) is 0. The Morgan fingerprint density at radius 2 is 2.20 bits per heavy atom. The Bertz CT molecular complexity index is 116. The van der Waals surface area contributed by atoms with Crippen molar-refractivity contribution in [3.8, 4) is 0 Å². The van der Waals surface area contributed by atoms with Crippen LogP contribution in [0.5, 0.6) is 0 Å². The molecule has 3 nitrogen and oxygen atoms in total. The molecule has 0 aliphatic rings. The molecule has 0 radical (unpaired) electrons. The summed E-state index contributed by atoms with van der Waals surface area (Å²) < 4.78 is 0. The fourth-order valence-electron chi connectivity index (χ4n) is 0.649. The Morgan fingerprint density at radius 1 is 1.70 bits per heavy atom. The summed E-state index contributed by atoms with van der Waals surface area (Å²) in [6.45, 7) is 1.74. The van der Waals surface area contributed by atoms with Crippen LogP contribution < -0.4 is 0 Å². The van der Waals surface area contributed by atoms with Gasteiger partial charge in [-0.05, 0) is 6.42 Å². The molecule has 0 amide bonds. The molecule has 0 aromatic heterocycles. The predicted molar refractivity (Wildman–Crippen MR) is 41.3 cm³/mol. The number of hydrogen-bond acceptors (Lipinski definition) is 3. The van der Waals surface area contributed by atoms with E-state index in [1.807, 2.05) is 0 Å². The molecule has 0 fully saturated rings. The van der Waals surface area contributed by atoms with Crippen LogP contribution in [0.1, 0.15) is 13.3 Å². The maximum Gasteiger partial charge on any atom is 0.309 e. The second-order valence-corrected chi connectivity index (χ2v) is 2.47. The van der Waals surface area contributed by atoms with E-state index in [2.05, 4.69) is 12.6 Å². The summed E-state index contributed by atoms with van der Waals surface area (Å²) in [6.07, 6.45) is -0.313. The minimum Gasteiger partial charge on any atom is -0.481 e. The highest BCUT2D eigenvalue weighted by Gasteiger charge is 2.22. The molecular formula is C6H12O3S. The summed E-state index contributed by atoms with van der Waals surface area (Å²) in [7, 11) is 0. The van der Waals surface area contributed by atoms with Crippen LogP contribution in [0, 0.1) is 5.92 Å². The molecule has 0 aromatic rings. The molecule has 4 heteroatoms. The highest BCUT2D eigenvalue weighted by Crippen LogP contribution is 2.08. The van der Waals surface area contributed by atoms with Crippen LogP contribution in [0.25, 0.3) is 0 Å². The van der Waals surface area contributed by atoms with E-state index in [-0.39, 0.29) is 5.75 Å². The topological polar surface area (TPSA) is 57.5 Å². The van der Waals surface area contributed by atoms with Crippen molar-refractivity contribution in [2.75, 3.05) is 5.75 Å². The van der Waals surface area contributed by atoms with Crippen molar-refractivity contribution >= 4 is 18.6 Å². The molecular weight excluding hydrogens is 152 g/mol. The van der Waals surface area contributed by atoms with E-state index in [1.54, 1.807) is 6.92 Å².